The molecule has 4 amide bonds. The minimum Gasteiger partial charge on any atom is -0.481 e. The summed E-state index contributed by atoms with van der Waals surface area (Å²) in [6, 6.07) is 10.4. The van der Waals surface area contributed by atoms with E-state index in [2.05, 4.69) is 5.32 Å². The number of amides is 4. The zero-order chi connectivity index (χ0) is 22.5. The third-order valence-corrected chi connectivity index (χ3v) is 4.79. The number of carbonyl (C=O) groups is 4. The molecule has 0 aliphatic carbocycles. The number of nitrogens with one attached hydrogen (secondary N) is 1. The quantitative estimate of drug-likeness (QED) is 0.418. The molecule has 0 spiro atoms. The second-order valence-electron chi connectivity index (χ2n) is 6.52. The van der Waals surface area contributed by atoms with Crippen LogP contribution in [-0.4, -0.2) is 37.0 Å². The number of imide groups is 2. The number of urea groups is 1. The van der Waals surface area contributed by atoms with Crippen LogP contribution in [0.15, 0.2) is 48.0 Å². The fraction of sp³-hybridized carbons (Fsp3) is 0.182. The Morgan fingerprint density at radius 3 is 2.61 bits per heavy atom. The highest BCUT2D eigenvalue weighted by atomic mass is 35.5. The van der Waals surface area contributed by atoms with Gasteiger partial charge in [0.25, 0.3) is 11.8 Å². The van der Waals surface area contributed by atoms with Gasteiger partial charge in [0.2, 0.25) is 0 Å². The summed E-state index contributed by atoms with van der Waals surface area (Å²) in [5.74, 6) is -1.94. The topological polar surface area (TPSA) is 102 Å². The van der Waals surface area contributed by atoms with Gasteiger partial charge in [0.05, 0.1) is 12.3 Å². The number of nitrogens with zero attached hydrogens (tertiary/aromatic N) is 1. The number of hydrogen-bond acceptors (Lipinski definition) is 6. The monoisotopic (exact) mass is 442 g/mol. The van der Waals surface area contributed by atoms with Crippen molar-refractivity contribution < 1.29 is 28.7 Å². The van der Waals surface area contributed by atoms with Crippen LogP contribution in [0.3, 0.4) is 0 Å². The number of benzene rings is 2. The molecule has 1 fully saturated rings. The van der Waals surface area contributed by atoms with Crippen molar-refractivity contribution in [2.75, 3.05) is 18.1 Å². The van der Waals surface area contributed by atoms with Gasteiger partial charge in [0.1, 0.15) is 11.3 Å². The first-order valence-corrected chi connectivity index (χ1v) is 9.74. The molecule has 1 heterocycles. The standard InChI is InChI=1S/C22H19ClN2O6/c1-3-30-19(26)12-31-18-7-5-4-6-14(18)10-16-20(27)24-22(29)25(21(16)28)15-9-8-13(2)17(23)11-15/h4-11H,3,12H2,1-2H3,(H,24,27,29)/b16-10+. The molecule has 0 unspecified atom stereocenters. The minimum atomic E-state index is -0.876. The van der Waals surface area contributed by atoms with Crippen molar-refractivity contribution in [1.82, 2.24) is 5.32 Å². The van der Waals surface area contributed by atoms with E-state index in [4.69, 9.17) is 21.1 Å². The van der Waals surface area contributed by atoms with Crippen molar-refractivity contribution in [2.24, 2.45) is 0 Å². The summed E-state index contributed by atoms with van der Waals surface area (Å²) in [5.41, 5.74) is 1.10. The van der Waals surface area contributed by atoms with E-state index in [1.807, 2.05) is 0 Å². The molecule has 1 saturated heterocycles. The number of hydrogen-bond donors (Lipinski definition) is 1. The van der Waals surface area contributed by atoms with E-state index in [0.29, 0.717) is 10.6 Å². The van der Waals surface area contributed by atoms with E-state index in [9.17, 15) is 19.2 Å². The van der Waals surface area contributed by atoms with Gasteiger partial charge in [-0.3, -0.25) is 14.9 Å². The Kier molecular flexibility index (Phi) is 6.71. The first-order chi connectivity index (χ1) is 14.8. The number of rotatable bonds is 6. The first-order valence-electron chi connectivity index (χ1n) is 9.37. The van der Waals surface area contributed by atoms with Gasteiger partial charge >= 0.3 is 12.0 Å². The average Bonchev–Trinajstić information content (AvgIpc) is 2.73. The van der Waals surface area contributed by atoms with Gasteiger partial charge in [0.15, 0.2) is 6.61 Å². The van der Waals surface area contributed by atoms with E-state index in [-0.39, 0.29) is 30.2 Å². The van der Waals surface area contributed by atoms with Gasteiger partial charge in [-0.1, -0.05) is 35.9 Å². The minimum absolute atomic E-state index is 0.218. The number of anilines is 1. The zero-order valence-electron chi connectivity index (χ0n) is 16.8. The molecule has 2 aromatic carbocycles. The number of halogens is 1. The maximum Gasteiger partial charge on any atom is 0.344 e. The van der Waals surface area contributed by atoms with Gasteiger partial charge in [-0.2, -0.15) is 0 Å². The lowest BCUT2D eigenvalue weighted by atomic mass is 10.1. The van der Waals surface area contributed by atoms with Crippen LogP contribution in [0.1, 0.15) is 18.1 Å². The van der Waals surface area contributed by atoms with Crippen LogP contribution < -0.4 is 15.0 Å². The number of esters is 1. The Morgan fingerprint density at radius 2 is 1.90 bits per heavy atom. The van der Waals surface area contributed by atoms with Crippen LogP contribution in [0, 0.1) is 6.92 Å². The van der Waals surface area contributed by atoms with E-state index in [1.54, 1.807) is 50.2 Å². The average molecular weight is 443 g/mol. The third-order valence-electron chi connectivity index (χ3n) is 4.38. The fourth-order valence-electron chi connectivity index (χ4n) is 2.84. The van der Waals surface area contributed by atoms with E-state index < -0.39 is 23.8 Å². The fourth-order valence-corrected chi connectivity index (χ4v) is 3.01. The summed E-state index contributed by atoms with van der Waals surface area (Å²) < 4.78 is 10.3. The number of ether oxygens (including phenoxy) is 2. The smallest absolute Gasteiger partial charge is 0.344 e. The molecular formula is C22H19ClN2O6. The van der Waals surface area contributed by atoms with Crippen molar-refractivity contribution in [2.45, 2.75) is 13.8 Å². The van der Waals surface area contributed by atoms with Crippen LogP contribution in [0.4, 0.5) is 10.5 Å². The first kappa shape index (κ1) is 22.0. The van der Waals surface area contributed by atoms with Gasteiger partial charge in [-0.25, -0.2) is 14.5 Å². The van der Waals surface area contributed by atoms with Crippen LogP contribution >= 0.6 is 11.6 Å². The maximum atomic E-state index is 13.0. The molecular weight excluding hydrogens is 424 g/mol. The van der Waals surface area contributed by atoms with E-state index in [1.165, 1.54) is 12.1 Å². The Labute approximate surface area is 183 Å². The van der Waals surface area contributed by atoms with Crippen LogP contribution in [-0.2, 0) is 19.1 Å². The van der Waals surface area contributed by atoms with Gasteiger partial charge < -0.3 is 9.47 Å². The Balaban J connectivity index is 1.93. The second kappa shape index (κ2) is 9.44. The molecule has 1 aliphatic rings. The third kappa shape index (κ3) is 4.92. The predicted octanol–water partition coefficient (Wildman–Crippen LogP) is 3.26. The molecule has 0 atom stereocenters. The number of carbonyl (C=O) groups excluding carboxylic acids is 4. The van der Waals surface area contributed by atoms with Crippen LogP contribution in [0.5, 0.6) is 5.75 Å². The Hall–Kier alpha value is -3.65. The van der Waals surface area contributed by atoms with Crippen molar-refractivity contribution in [3.05, 3.63) is 64.2 Å². The number of para-hydroxylation sites is 1. The molecule has 2 aromatic rings. The van der Waals surface area contributed by atoms with Crippen LogP contribution in [0.25, 0.3) is 6.08 Å². The molecule has 3 rings (SSSR count). The summed E-state index contributed by atoms with van der Waals surface area (Å²) in [4.78, 5) is 50.2. The van der Waals surface area contributed by atoms with Crippen molar-refractivity contribution in [3.8, 4) is 5.75 Å². The second-order valence-corrected chi connectivity index (χ2v) is 6.93. The Morgan fingerprint density at radius 1 is 1.16 bits per heavy atom. The molecule has 9 heteroatoms. The molecule has 1 N–H and O–H groups in total. The lowest BCUT2D eigenvalue weighted by Gasteiger charge is -2.26. The SMILES string of the molecule is CCOC(=O)COc1ccccc1/C=C1\C(=O)NC(=O)N(c2ccc(C)c(Cl)c2)C1=O. The Bertz CT molecular complexity index is 1100. The lowest BCUT2D eigenvalue weighted by molar-refractivity contribution is -0.145. The lowest BCUT2D eigenvalue weighted by Crippen LogP contribution is -2.54. The zero-order valence-corrected chi connectivity index (χ0v) is 17.6. The highest BCUT2D eigenvalue weighted by Crippen LogP contribution is 2.28. The summed E-state index contributed by atoms with van der Waals surface area (Å²) in [7, 11) is 0. The van der Waals surface area contributed by atoms with E-state index >= 15 is 0 Å². The summed E-state index contributed by atoms with van der Waals surface area (Å²) in [6.45, 7) is 3.35. The molecule has 160 valence electrons. The van der Waals surface area contributed by atoms with Crippen molar-refractivity contribution in [1.29, 1.82) is 0 Å². The normalized spacial score (nSPS) is 15.1. The van der Waals surface area contributed by atoms with Crippen molar-refractivity contribution >= 4 is 47.2 Å². The molecule has 0 saturated carbocycles. The van der Waals surface area contributed by atoms with E-state index in [0.717, 1.165) is 10.5 Å². The number of barbiturate groups is 1. The molecule has 0 radical (unpaired) electrons. The molecule has 0 aromatic heterocycles. The molecule has 0 bridgehead atoms. The number of aryl methyl sites for hydroxylation is 1. The molecule has 8 nitrogen and oxygen atoms in total. The highest BCUT2D eigenvalue weighted by Gasteiger charge is 2.37. The highest BCUT2D eigenvalue weighted by molar-refractivity contribution is 6.39. The predicted molar refractivity (Wildman–Crippen MR) is 114 cm³/mol. The summed E-state index contributed by atoms with van der Waals surface area (Å²) in [5, 5.41) is 2.52. The molecule has 1 aliphatic heterocycles. The summed E-state index contributed by atoms with van der Waals surface area (Å²) >= 11 is 6.12. The van der Waals surface area contributed by atoms with Gasteiger partial charge in [-0.05, 0) is 43.7 Å². The van der Waals surface area contributed by atoms with Crippen molar-refractivity contribution in [3.63, 3.8) is 0 Å². The van der Waals surface area contributed by atoms with Crippen LogP contribution in [0.2, 0.25) is 5.02 Å². The van der Waals surface area contributed by atoms with Gasteiger partial charge in [0, 0.05) is 10.6 Å². The molecule has 31 heavy (non-hydrogen) atoms. The maximum absolute atomic E-state index is 13.0. The largest absolute Gasteiger partial charge is 0.481 e. The summed E-state index contributed by atoms with van der Waals surface area (Å²) in [6.07, 6.45) is 1.30. The van der Waals surface area contributed by atoms with Gasteiger partial charge in [-0.15, -0.1) is 0 Å².